The number of hydrogen-bond donors (Lipinski definition) is 1. The average molecular weight is 376 g/mol. The van der Waals surface area contributed by atoms with Crippen molar-refractivity contribution in [2.45, 2.75) is 4.21 Å². The summed E-state index contributed by atoms with van der Waals surface area (Å²) in [6, 6.07) is 8.68. The molecule has 22 heavy (non-hydrogen) atoms. The van der Waals surface area contributed by atoms with Gasteiger partial charge in [-0.3, -0.25) is 4.72 Å². The highest BCUT2D eigenvalue weighted by atomic mass is 35.5. The van der Waals surface area contributed by atoms with E-state index in [2.05, 4.69) is 4.72 Å². The molecule has 0 atom stereocenters. The SMILES string of the molecule is O=c1ccc2cc(NS(=O)(=O)c3cc(Cl)c(Cl)s3)ccc2o1. The Bertz CT molecular complexity index is 1000. The van der Waals surface area contributed by atoms with Crippen LogP contribution in [-0.4, -0.2) is 8.42 Å². The van der Waals surface area contributed by atoms with Gasteiger partial charge in [0.1, 0.15) is 14.1 Å². The lowest BCUT2D eigenvalue weighted by molar-refractivity contribution is 0.561. The predicted octanol–water partition coefficient (Wildman–Crippen LogP) is 3.96. The molecule has 2 aromatic heterocycles. The molecule has 0 saturated carbocycles. The van der Waals surface area contributed by atoms with Crippen LogP contribution < -0.4 is 10.3 Å². The molecule has 114 valence electrons. The van der Waals surface area contributed by atoms with Gasteiger partial charge in [-0.05, 0) is 30.3 Å². The normalized spacial score (nSPS) is 11.7. The highest BCUT2D eigenvalue weighted by Gasteiger charge is 2.19. The topological polar surface area (TPSA) is 76.4 Å². The number of hydrogen-bond acceptors (Lipinski definition) is 5. The van der Waals surface area contributed by atoms with E-state index in [0.29, 0.717) is 16.7 Å². The van der Waals surface area contributed by atoms with E-state index in [1.807, 2.05) is 0 Å². The average Bonchev–Trinajstić information content (AvgIpc) is 2.79. The Balaban J connectivity index is 1.98. The second-order valence-electron chi connectivity index (χ2n) is 4.30. The first-order valence-electron chi connectivity index (χ1n) is 5.87. The molecule has 9 heteroatoms. The minimum Gasteiger partial charge on any atom is -0.423 e. The van der Waals surface area contributed by atoms with Crippen molar-refractivity contribution in [1.29, 1.82) is 0 Å². The quantitative estimate of drug-likeness (QED) is 0.702. The van der Waals surface area contributed by atoms with Gasteiger partial charge >= 0.3 is 5.63 Å². The zero-order chi connectivity index (χ0) is 15.9. The Labute approximate surface area is 139 Å². The zero-order valence-electron chi connectivity index (χ0n) is 10.7. The van der Waals surface area contributed by atoms with Crippen LogP contribution in [0.1, 0.15) is 0 Å². The van der Waals surface area contributed by atoms with Crippen LogP contribution >= 0.6 is 34.5 Å². The zero-order valence-corrected chi connectivity index (χ0v) is 13.8. The number of benzene rings is 1. The fourth-order valence-corrected chi connectivity index (χ4v) is 4.73. The summed E-state index contributed by atoms with van der Waals surface area (Å²) in [7, 11) is -3.78. The van der Waals surface area contributed by atoms with E-state index in [9.17, 15) is 13.2 Å². The van der Waals surface area contributed by atoms with E-state index in [-0.39, 0.29) is 13.6 Å². The molecule has 0 aliphatic carbocycles. The minimum absolute atomic E-state index is 0.0159. The predicted molar refractivity (Wildman–Crippen MR) is 87.6 cm³/mol. The van der Waals surface area contributed by atoms with Gasteiger partial charge in [0.05, 0.1) is 5.02 Å². The third-order valence-corrected chi connectivity index (χ3v) is 6.48. The molecule has 0 spiro atoms. The summed E-state index contributed by atoms with van der Waals surface area (Å²) in [6.07, 6.45) is 0. The van der Waals surface area contributed by atoms with Gasteiger partial charge in [-0.25, -0.2) is 13.2 Å². The number of anilines is 1. The van der Waals surface area contributed by atoms with E-state index in [1.165, 1.54) is 24.3 Å². The molecule has 2 heterocycles. The first-order chi connectivity index (χ1) is 10.3. The van der Waals surface area contributed by atoms with Crippen molar-refractivity contribution in [3.05, 3.63) is 56.2 Å². The van der Waals surface area contributed by atoms with Crippen molar-refractivity contribution >= 4 is 61.2 Å². The maximum Gasteiger partial charge on any atom is 0.336 e. The molecular formula is C13H7Cl2NO4S2. The van der Waals surface area contributed by atoms with E-state index in [0.717, 1.165) is 11.3 Å². The van der Waals surface area contributed by atoms with Crippen molar-refractivity contribution in [2.75, 3.05) is 4.72 Å². The molecule has 0 fully saturated rings. The summed E-state index contributed by atoms with van der Waals surface area (Å²) in [4.78, 5) is 11.1. The highest BCUT2D eigenvalue weighted by Crippen LogP contribution is 2.35. The molecule has 1 N–H and O–H groups in total. The van der Waals surface area contributed by atoms with Gasteiger partial charge in [-0.1, -0.05) is 23.2 Å². The lowest BCUT2D eigenvalue weighted by atomic mass is 10.2. The molecule has 3 rings (SSSR count). The fourth-order valence-electron chi connectivity index (χ4n) is 1.80. The minimum atomic E-state index is -3.78. The van der Waals surface area contributed by atoms with E-state index in [1.54, 1.807) is 12.1 Å². The standard InChI is InChI=1S/C13H7Cl2NO4S2/c14-9-6-12(21-13(9)15)22(18,19)16-8-2-3-10-7(5-8)1-4-11(17)20-10/h1-6,16H. The van der Waals surface area contributed by atoms with Crippen molar-refractivity contribution in [1.82, 2.24) is 0 Å². The van der Waals surface area contributed by atoms with Crippen molar-refractivity contribution in [3.8, 4) is 0 Å². The van der Waals surface area contributed by atoms with Gasteiger partial charge in [-0.2, -0.15) is 0 Å². The molecule has 0 aliphatic heterocycles. The van der Waals surface area contributed by atoms with Gasteiger partial charge in [0, 0.05) is 17.1 Å². The lowest BCUT2D eigenvalue weighted by Crippen LogP contribution is -2.11. The van der Waals surface area contributed by atoms with Crippen LogP contribution in [0.2, 0.25) is 9.36 Å². The number of nitrogens with one attached hydrogen (secondary N) is 1. The monoisotopic (exact) mass is 375 g/mol. The van der Waals surface area contributed by atoms with Crippen LogP contribution in [0, 0.1) is 0 Å². The van der Waals surface area contributed by atoms with Gasteiger partial charge in [-0.15, -0.1) is 11.3 Å². The van der Waals surface area contributed by atoms with Crippen LogP contribution in [0.3, 0.4) is 0 Å². The summed E-state index contributed by atoms with van der Waals surface area (Å²) >= 11 is 12.4. The second-order valence-corrected chi connectivity index (χ2v) is 8.27. The molecule has 0 saturated heterocycles. The first-order valence-corrected chi connectivity index (χ1v) is 8.92. The van der Waals surface area contributed by atoms with E-state index in [4.69, 9.17) is 27.6 Å². The summed E-state index contributed by atoms with van der Waals surface area (Å²) in [5, 5.41) is 0.786. The van der Waals surface area contributed by atoms with Crippen LogP contribution in [0.4, 0.5) is 5.69 Å². The van der Waals surface area contributed by atoms with Crippen molar-refractivity contribution in [3.63, 3.8) is 0 Å². The Morgan fingerprint density at radius 2 is 1.86 bits per heavy atom. The number of fused-ring (bicyclic) bond motifs is 1. The van der Waals surface area contributed by atoms with Crippen LogP contribution in [0.15, 0.2) is 49.8 Å². The van der Waals surface area contributed by atoms with Crippen molar-refractivity contribution in [2.24, 2.45) is 0 Å². The van der Waals surface area contributed by atoms with Crippen molar-refractivity contribution < 1.29 is 12.8 Å². The Morgan fingerprint density at radius 3 is 2.55 bits per heavy atom. The largest absolute Gasteiger partial charge is 0.423 e. The lowest BCUT2D eigenvalue weighted by Gasteiger charge is -2.06. The Hall–Kier alpha value is -1.54. The van der Waals surface area contributed by atoms with Gasteiger partial charge in [0.15, 0.2) is 0 Å². The molecule has 0 radical (unpaired) electrons. The third-order valence-electron chi connectivity index (χ3n) is 2.76. The molecule has 0 bridgehead atoms. The summed E-state index contributed by atoms with van der Waals surface area (Å²) in [5.74, 6) is 0. The molecule has 1 aromatic carbocycles. The summed E-state index contributed by atoms with van der Waals surface area (Å²) in [6.45, 7) is 0. The fraction of sp³-hybridized carbons (Fsp3) is 0. The van der Waals surface area contributed by atoms with E-state index >= 15 is 0 Å². The second kappa shape index (κ2) is 5.58. The number of thiophene rings is 1. The van der Waals surface area contributed by atoms with E-state index < -0.39 is 15.6 Å². The van der Waals surface area contributed by atoms with Crippen LogP contribution in [-0.2, 0) is 10.0 Å². The van der Waals surface area contributed by atoms with Gasteiger partial charge < -0.3 is 4.42 Å². The number of sulfonamides is 1. The van der Waals surface area contributed by atoms with Gasteiger partial charge in [0.25, 0.3) is 10.0 Å². The third kappa shape index (κ3) is 2.98. The maximum atomic E-state index is 12.3. The molecule has 0 amide bonds. The molecular weight excluding hydrogens is 369 g/mol. The Kier molecular flexibility index (Phi) is 3.90. The number of halogens is 2. The molecule has 5 nitrogen and oxygen atoms in total. The maximum absolute atomic E-state index is 12.3. The summed E-state index contributed by atoms with van der Waals surface area (Å²) in [5.41, 5.74) is 0.239. The Morgan fingerprint density at radius 1 is 1.09 bits per heavy atom. The van der Waals surface area contributed by atoms with Crippen LogP contribution in [0.25, 0.3) is 11.0 Å². The summed E-state index contributed by atoms with van der Waals surface area (Å²) < 4.78 is 32.2. The van der Waals surface area contributed by atoms with Gasteiger partial charge in [0.2, 0.25) is 0 Å². The molecule has 0 unspecified atom stereocenters. The smallest absolute Gasteiger partial charge is 0.336 e. The molecule has 3 aromatic rings. The highest BCUT2D eigenvalue weighted by molar-refractivity contribution is 7.94. The number of rotatable bonds is 3. The van der Waals surface area contributed by atoms with Crippen LogP contribution in [0.5, 0.6) is 0 Å². The molecule has 0 aliphatic rings. The first kappa shape index (κ1) is 15.4.